The van der Waals surface area contributed by atoms with Crippen molar-refractivity contribution in [2.24, 2.45) is 5.92 Å². The smallest absolute Gasteiger partial charge is 0.223 e. The van der Waals surface area contributed by atoms with E-state index in [1.54, 1.807) is 7.11 Å². The van der Waals surface area contributed by atoms with Crippen molar-refractivity contribution in [1.29, 1.82) is 0 Å². The number of hydrogen-bond donors (Lipinski definition) is 1. The van der Waals surface area contributed by atoms with Crippen LogP contribution in [0.2, 0.25) is 0 Å². The van der Waals surface area contributed by atoms with Gasteiger partial charge in [-0.3, -0.25) is 4.79 Å². The second kappa shape index (κ2) is 6.54. The number of piperidine rings is 1. The van der Waals surface area contributed by atoms with Crippen molar-refractivity contribution in [1.82, 2.24) is 10.3 Å². The van der Waals surface area contributed by atoms with Crippen LogP contribution in [0.1, 0.15) is 31.2 Å². The summed E-state index contributed by atoms with van der Waals surface area (Å²) < 4.78 is 5.33. The molecule has 2 fully saturated rings. The maximum Gasteiger partial charge on any atom is 0.223 e. The highest BCUT2D eigenvalue weighted by Gasteiger charge is 2.30. The van der Waals surface area contributed by atoms with E-state index in [0.29, 0.717) is 6.04 Å². The van der Waals surface area contributed by atoms with Gasteiger partial charge < -0.3 is 15.0 Å². The van der Waals surface area contributed by atoms with Gasteiger partial charge in [0, 0.05) is 36.5 Å². The van der Waals surface area contributed by atoms with Gasteiger partial charge >= 0.3 is 0 Å². The van der Waals surface area contributed by atoms with Crippen LogP contribution in [0, 0.1) is 12.8 Å². The Labute approximate surface area is 148 Å². The molecule has 0 spiro atoms. The maximum absolute atomic E-state index is 12.2. The molecule has 1 saturated heterocycles. The molecule has 2 aliphatic rings. The number of fused-ring (bicyclic) bond motifs is 1. The van der Waals surface area contributed by atoms with Gasteiger partial charge in [-0.25, -0.2) is 4.98 Å². The van der Waals surface area contributed by atoms with E-state index in [2.05, 4.69) is 29.3 Å². The number of pyridine rings is 1. The highest BCUT2D eigenvalue weighted by Crippen LogP contribution is 2.29. The van der Waals surface area contributed by atoms with Gasteiger partial charge in [-0.15, -0.1) is 0 Å². The molecule has 1 amide bonds. The fraction of sp³-hybridized carbons (Fsp3) is 0.500. The lowest BCUT2D eigenvalue weighted by molar-refractivity contribution is -0.125. The molecule has 0 radical (unpaired) electrons. The number of ether oxygens (including phenoxy) is 1. The van der Waals surface area contributed by atoms with Crippen LogP contribution in [0.4, 0.5) is 5.82 Å². The van der Waals surface area contributed by atoms with Crippen LogP contribution in [0.25, 0.3) is 10.9 Å². The number of rotatable bonds is 4. The minimum absolute atomic E-state index is 0.151. The summed E-state index contributed by atoms with van der Waals surface area (Å²) in [5, 5.41) is 4.29. The van der Waals surface area contributed by atoms with E-state index in [1.165, 1.54) is 5.56 Å². The van der Waals surface area contributed by atoms with E-state index in [-0.39, 0.29) is 11.8 Å². The van der Waals surface area contributed by atoms with E-state index in [9.17, 15) is 4.79 Å². The van der Waals surface area contributed by atoms with Crippen LogP contribution in [0.15, 0.2) is 24.3 Å². The average Bonchev–Trinajstić information content (AvgIpc) is 3.45. The SMILES string of the molecule is COc1ccc2c(C)cc(N3CCC(C(=O)NC4CC4)CC3)nc2c1. The number of nitrogens with one attached hydrogen (secondary N) is 1. The topological polar surface area (TPSA) is 54.5 Å². The van der Waals surface area contributed by atoms with Crippen molar-refractivity contribution in [3.8, 4) is 5.75 Å². The summed E-state index contributed by atoms with van der Waals surface area (Å²) in [4.78, 5) is 19.4. The summed E-state index contributed by atoms with van der Waals surface area (Å²) in [7, 11) is 1.68. The molecular formula is C20H25N3O2. The van der Waals surface area contributed by atoms with E-state index in [1.807, 2.05) is 12.1 Å². The summed E-state index contributed by atoms with van der Waals surface area (Å²) in [6, 6.07) is 8.63. The molecule has 5 heteroatoms. The monoisotopic (exact) mass is 339 g/mol. The summed E-state index contributed by atoms with van der Waals surface area (Å²) >= 11 is 0. The lowest BCUT2D eigenvalue weighted by Crippen LogP contribution is -2.41. The third-order valence-corrected chi connectivity index (χ3v) is 5.32. The summed E-state index contributed by atoms with van der Waals surface area (Å²) in [6.45, 7) is 3.88. The van der Waals surface area contributed by atoms with E-state index < -0.39 is 0 Å². The number of aromatic nitrogens is 1. The Kier molecular flexibility index (Phi) is 4.24. The molecule has 2 heterocycles. The molecule has 0 atom stereocenters. The average molecular weight is 339 g/mol. The first kappa shape index (κ1) is 16.2. The number of methoxy groups -OCH3 is 1. The molecule has 0 unspecified atom stereocenters. The van der Waals surface area contributed by atoms with Gasteiger partial charge in [-0.2, -0.15) is 0 Å². The highest BCUT2D eigenvalue weighted by atomic mass is 16.5. The normalized spacial score (nSPS) is 18.4. The Morgan fingerprint density at radius 3 is 2.64 bits per heavy atom. The quantitative estimate of drug-likeness (QED) is 0.930. The lowest BCUT2D eigenvalue weighted by Gasteiger charge is -2.32. The minimum atomic E-state index is 0.151. The lowest BCUT2D eigenvalue weighted by atomic mass is 9.95. The van der Waals surface area contributed by atoms with Crippen molar-refractivity contribution in [2.45, 2.75) is 38.6 Å². The predicted octanol–water partition coefficient (Wildman–Crippen LogP) is 3.05. The number of anilines is 1. The zero-order chi connectivity index (χ0) is 17.4. The zero-order valence-electron chi connectivity index (χ0n) is 14.9. The number of aryl methyl sites for hydroxylation is 1. The van der Waals surface area contributed by atoms with Gasteiger partial charge in [0.15, 0.2) is 0 Å². The molecule has 1 aromatic heterocycles. The van der Waals surface area contributed by atoms with Gasteiger partial charge in [0.1, 0.15) is 11.6 Å². The number of benzene rings is 1. The second-order valence-corrected chi connectivity index (χ2v) is 7.22. The highest BCUT2D eigenvalue weighted by molar-refractivity contribution is 5.85. The fourth-order valence-corrected chi connectivity index (χ4v) is 3.57. The van der Waals surface area contributed by atoms with Crippen LogP contribution < -0.4 is 15.0 Å². The van der Waals surface area contributed by atoms with Gasteiger partial charge in [-0.05, 0) is 56.4 Å². The van der Waals surface area contributed by atoms with Crippen LogP contribution >= 0.6 is 0 Å². The number of nitrogens with zero attached hydrogens (tertiary/aromatic N) is 2. The Hall–Kier alpha value is -2.30. The first-order valence-corrected chi connectivity index (χ1v) is 9.15. The largest absolute Gasteiger partial charge is 0.497 e. The van der Waals surface area contributed by atoms with Crippen LogP contribution in [0.3, 0.4) is 0 Å². The number of hydrogen-bond acceptors (Lipinski definition) is 4. The number of carbonyl (C=O) groups is 1. The van der Waals surface area contributed by atoms with Crippen molar-refractivity contribution in [2.75, 3.05) is 25.1 Å². The first-order valence-electron chi connectivity index (χ1n) is 9.15. The molecule has 4 rings (SSSR count). The van der Waals surface area contributed by atoms with Crippen LogP contribution in [0.5, 0.6) is 5.75 Å². The summed E-state index contributed by atoms with van der Waals surface area (Å²) in [6.07, 6.45) is 4.09. The molecule has 1 saturated carbocycles. The Balaban J connectivity index is 1.49. The molecule has 1 aliphatic carbocycles. The Morgan fingerprint density at radius 1 is 1.20 bits per heavy atom. The van der Waals surface area contributed by atoms with E-state index in [4.69, 9.17) is 9.72 Å². The second-order valence-electron chi connectivity index (χ2n) is 7.22. The van der Waals surface area contributed by atoms with Crippen molar-refractivity contribution < 1.29 is 9.53 Å². The minimum Gasteiger partial charge on any atom is -0.497 e. The molecule has 5 nitrogen and oxygen atoms in total. The molecule has 0 bridgehead atoms. The van der Waals surface area contributed by atoms with Gasteiger partial charge in [0.05, 0.1) is 12.6 Å². The third-order valence-electron chi connectivity index (χ3n) is 5.32. The fourth-order valence-electron chi connectivity index (χ4n) is 3.57. The van der Waals surface area contributed by atoms with Gasteiger partial charge in [0.2, 0.25) is 5.91 Å². The van der Waals surface area contributed by atoms with Gasteiger partial charge in [0.25, 0.3) is 0 Å². The van der Waals surface area contributed by atoms with Crippen LogP contribution in [-0.2, 0) is 4.79 Å². The van der Waals surface area contributed by atoms with E-state index >= 15 is 0 Å². The summed E-state index contributed by atoms with van der Waals surface area (Å²) in [5.41, 5.74) is 2.18. The Bertz CT molecular complexity index is 793. The summed E-state index contributed by atoms with van der Waals surface area (Å²) in [5.74, 6) is 2.22. The van der Waals surface area contributed by atoms with Gasteiger partial charge in [-0.1, -0.05) is 0 Å². The standard InChI is InChI=1S/C20H25N3O2/c1-13-11-19(22-18-12-16(25-2)5-6-17(13)18)23-9-7-14(8-10-23)20(24)21-15-3-4-15/h5-6,11-12,14-15H,3-4,7-10H2,1-2H3,(H,21,24). The maximum atomic E-state index is 12.2. The number of carbonyl (C=O) groups excluding carboxylic acids is 1. The molecule has 132 valence electrons. The molecule has 1 aliphatic heterocycles. The molecule has 1 N–H and O–H groups in total. The molecule has 1 aromatic carbocycles. The Morgan fingerprint density at radius 2 is 1.96 bits per heavy atom. The van der Waals surface area contributed by atoms with Crippen molar-refractivity contribution >= 4 is 22.6 Å². The third kappa shape index (κ3) is 3.41. The van der Waals surface area contributed by atoms with Crippen molar-refractivity contribution in [3.63, 3.8) is 0 Å². The first-order chi connectivity index (χ1) is 12.1. The molecular weight excluding hydrogens is 314 g/mol. The van der Waals surface area contributed by atoms with E-state index in [0.717, 1.165) is 61.2 Å². The predicted molar refractivity (Wildman–Crippen MR) is 99.1 cm³/mol. The van der Waals surface area contributed by atoms with Crippen molar-refractivity contribution in [3.05, 3.63) is 29.8 Å². The van der Waals surface area contributed by atoms with Crippen LogP contribution in [-0.4, -0.2) is 37.1 Å². The number of amides is 1. The zero-order valence-corrected chi connectivity index (χ0v) is 14.9. The molecule has 25 heavy (non-hydrogen) atoms. The molecule has 2 aromatic rings.